The summed E-state index contributed by atoms with van der Waals surface area (Å²) in [6.45, 7) is 2.04. The van der Waals surface area contributed by atoms with Crippen LogP contribution in [0.5, 0.6) is 0 Å². The summed E-state index contributed by atoms with van der Waals surface area (Å²) in [6.07, 6.45) is 0. The van der Waals surface area contributed by atoms with Gasteiger partial charge in [0.25, 0.3) is 11.7 Å². The van der Waals surface area contributed by atoms with E-state index >= 15 is 0 Å². The molecule has 1 aliphatic heterocycles. The molecular formula is C29H22FNO3. The van der Waals surface area contributed by atoms with Gasteiger partial charge in [0.15, 0.2) is 0 Å². The Hall–Kier alpha value is -4.25. The molecule has 4 aromatic rings. The summed E-state index contributed by atoms with van der Waals surface area (Å²) in [4.78, 5) is 27.8. The topological polar surface area (TPSA) is 57.6 Å². The van der Waals surface area contributed by atoms with E-state index in [4.69, 9.17) is 0 Å². The van der Waals surface area contributed by atoms with Gasteiger partial charge in [-0.1, -0.05) is 78.4 Å². The van der Waals surface area contributed by atoms with Gasteiger partial charge in [0, 0.05) is 12.1 Å². The van der Waals surface area contributed by atoms with E-state index in [2.05, 4.69) is 0 Å². The first-order valence-electron chi connectivity index (χ1n) is 11.0. The maximum atomic E-state index is 13.4. The molecule has 0 bridgehead atoms. The maximum Gasteiger partial charge on any atom is 0.295 e. The van der Waals surface area contributed by atoms with Crippen LogP contribution < -0.4 is 0 Å². The molecule has 0 saturated carbocycles. The van der Waals surface area contributed by atoms with Gasteiger partial charge in [0.1, 0.15) is 11.6 Å². The summed E-state index contributed by atoms with van der Waals surface area (Å²) < 4.78 is 13.4. The molecule has 1 aliphatic rings. The number of halogens is 1. The van der Waals surface area contributed by atoms with Gasteiger partial charge in [-0.2, -0.15) is 0 Å². The Labute approximate surface area is 196 Å². The van der Waals surface area contributed by atoms with E-state index in [0.29, 0.717) is 11.1 Å². The van der Waals surface area contributed by atoms with Crippen LogP contribution in [-0.4, -0.2) is 21.7 Å². The molecule has 1 atom stereocenters. The molecule has 0 radical (unpaired) electrons. The molecule has 1 saturated heterocycles. The zero-order chi connectivity index (χ0) is 23.8. The summed E-state index contributed by atoms with van der Waals surface area (Å²) >= 11 is 0. The number of ketones is 1. The van der Waals surface area contributed by atoms with Crippen LogP contribution in [0, 0.1) is 12.7 Å². The number of aliphatic hydroxyl groups excluding tert-OH is 1. The number of amides is 1. The third-order valence-corrected chi connectivity index (χ3v) is 6.19. The Balaban J connectivity index is 1.66. The number of likely N-dealkylation sites (tertiary alicyclic amines) is 1. The van der Waals surface area contributed by atoms with Crippen LogP contribution in [0.25, 0.3) is 16.5 Å². The van der Waals surface area contributed by atoms with Gasteiger partial charge >= 0.3 is 0 Å². The van der Waals surface area contributed by atoms with Crippen molar-refractivity contribution in [3.8, 4) is 0 Å². The largest absolute Gasteiger partial charge is 0.507 e. The molecular weight excluding hydrogens is 429 g/mol. The number of Topliss-reactive ketones (excluding diaryl/α,β-unsaturated/α-hetero) is 1. The first-order chi connectivity index (χ1) is 16.4. The highest BCUT2D eigenvalue weighted by atomic mass is 19.1. The Morgan fingerprint density at radius 3 is 2.35 bits per heavy atom. The van der Waals surface area contributed by atoms with Crippen molar-refractivity contribution in [2.45, 2.75) is 19.5 Å². The number of hydrogen-bond acceptors (Lipinski definition) is 3. The zero-order valence-electron chi connectivity index (χ0n) is 18.5. The van der Waals surface area contributed by atoms with Crippen molar-refractivity contribution in [2.75, 3.05) is 0 Å². The summed E-state index contributed by atoms with van der Waals surface area (Å²) in [6, 6.07) is 25.8. The minimum absolute atomic E-state index is 0.0491. The summed E-state index contributed by atoms with van der Waals surface area (Å²) in [5.41, 5.74) is 2.90. The molecule has 4 aromatic carbocycles. The molecule has 0 spiro atoms. The van der Waals surface area contributed by atoms with Crippen LogP contribution in [0.4, 0.5) is 4.39 Å². The molecule has 4 nitrogen and oxygen atoms in total. The summed E-state index contributed by atoms with van der Waals surface area (Å²) in [7, 11) is 0. The van der Waals surface area contributed by atoms with E-state index in [1.165, 1.54) is 17.0 Å². The highest BCUT2D eigenvalue weighted by molar-refractivity contribution is 6.46. The Morgan fingerprint density at radius 1 is 0.882 bits per heavy atom. The monoisotopic (exact) mass is 451 g/mol. The fraction of sp³-hybridized carbons (Fsp3) is 0.103. The molecule has 1 amide bonds. The van der Waals surface area contributed by atoms with Crippen molar-refractivity contribution >= 4 is 28.2 Å². The lowest BCUT2D eigenvalue weighted by atomic mass is 9.93. The SMILES string of the molecule is Cc1cccc(C2/C(=C(/O)c3ccc4ccccc4c3)C(=O)C(=O)N2Cc2ccc(F)cc2)c1. The van der Waals surface area contributed by atoms with Crippen molar-refractivity contribution < 1.29 is 19.1 Å². The van der Waals surface area contributed by atoms with Gasteiger partial charge in [-0.15, -0.1) is 0 Å². The average molecular weight is 451 g/mol. The molecule has 5 rings (SSSR count). The van der Waals surface area contributed by atoms with Gasteiger partial charge in [0.05, 0.1) is 11.6 Å². The Bertz CT molecular complexity index is 1460. The molecule has 0 aliphatic carbocycles. The smallest absolute Gasteiger partial charge is 0.295 e. The first-order valence-corrected chi connectivity index (χ1v) is 11.0. The number of carbonyl (C=O) groups excluding carboxylic acids is 2. The molecule has 168 valence electrons. The zero-order valence-corrected chi connectivity index (χ0v) is 18.5. The minimum Gasteiger partial charge on any atom is -0.507 e. The van der Waals surface area contributed by atoms with E-state index in [9.17, 15) is 19.1 Å². The highest BCUT2D eigenvalue weighted by Crippen LogP contribution is 2.40. The van der Waals surface area contributed by atoms with Gasteiger partial charge in [-0.3, -0.25) is 9.59 Å². The van der Waals surface area contributed by atoms with Crippen LogP contribution in [-0.2, 0) is 16.1 Å². The lowest BCUT2D eigenvalue weighted by Gasteiger charge is -2.25. The summed E-state index contributed by atoms with van der Waals surface area (Å²) in [5, 5.41) is 13.2. The predicted octanol–water partition coefficient (Wildman–Crippen LogP) is 5.91. The lowest BCUT2D eigenvalue weighted by molar-refractivity contribution is -0.140. The quantitative estimate of drug-likeness (QED) is 0.238. The molecule has 34 heavy (non-hydrogen) atoms. The van der Waals surface area contributed by atoms with E-state index in [0.717, 1.165) is 21.9 Å². The van der Waals surface area contributed by atoms with E-state index in [1.807, 2.05) is 67.6 Å². The average Bonchev–Trinajstić information content (AvgIpc) is 3.09. The van der Waals surface area contributed by atoms with E-state index in [1.54, 1.807) is 18.2 Å². The number of rotatable bonds is 4. The highest BCUT2D eigenvalue weighted by Gasteiger charge is 2.46. The second kappa shape index (κ2) is 8.60. The van der Waals surface area contributed by atoms with Crippen LogP contribution >= 0.6 is 0 Å². The van der Waals surface area contributed by atoms with Crippen molar-refractivity contribution in [1.82, 2.24) is 4.90 Å². The van der Waals surface area contributed by atoms with Crippen molar-refractivity contribution in [1.29, 1.82) is 0 Å². The van der Waals surface area contributed by atoms with Crippen molar-refractivity contribution in [3.05, 3.63) is 125 Å². The van der Waals surface area contributed by atoms with Crippen molar-refractivity contribution in [3.63, 3.8) is 0 Å². The molecule has 1 fully saturated rings. The fourth-order valence-corrected chi connectivity index (χ4v) is 4.51. The van der Waals surface area contributed by atoms with Crippen LogP contribution in [0.15, 0.2) is 96.6 Å². The first kappa shape index (κ1) is 21.6. The van der Waals surface area contributed by atoms with E-state index in [-0.39, 0.29) is 23.7 Å². The third-order valence-electron chi connectivity index (χ3n) is 6.19. The Morgan fingerprint density at radius 2 is 1.62 bits per heavy atom. The summed E-state index contributed by atoms with van der Waals surface area (Å²) in [5.74, 6) is -2.02. The van der Waals surface area contributed by atoms with Crippen LogP contribution in [0.2, 0.25) is 0 Å². The van der Waals surface area contributed by atoms with Gasteiger partial charge < -0.3 is 10.0 Å². The minimum atomic E-state index is -0.767. The van der Waals surface area contributed by atoms with Gasteiger partial charge in [-0.05, 0) is 47.0 Å². The number of aliphatic hydroxyl groups is 1. The molecule has 0 aromatic heterocycles. The Kier molecular flexibility index (Phi) is 5.46. The standard InChI is InChI=1S/C29H22FNO3/c1-18-5-4-8-22(15-18)26-25(27(32)23-12-11-20-6-2-3-7-21(20)16-23)28(33)29(34)31(26)17-19-9-13-24(30)14-10-19/h2-16,26,32H,17H2,1H3/b27-25-. The van der Waals surface area contributed by atoms with Gasteiger partial charge in [-0.25, -0.2) is 4.39 Å². The number of aryl methyl sites for hydroxylation is 1. The van der Waals surface area contributed by atoms with Crippen LogP contribution in [0.3, 0.4) is 0 Å². The lowest BCUT2D eigenvalue weighted by Crippen LogP contribution is -2.29. The molecule has 1 N–H and O–H groups in total. The second-order valence-electron chi connectivity index (χ2n) is 8.53. The second-order valence-corrected chi connectivity index (χ2v) is 8.53. The van der Waals surface area contributed by atoms with Crippen LogP contribution in [0.1, 0.15) is 28.3 Å². The third kappa shape index (κ3) is 3.86. The number of carbonyl (C=O) groups is 2. The predicted molar refractivity (Wildman–Crippen MR) is 129 cm³/mol. The van der Waals surface area contributed by atoms with E-state index < -0.39 is 17.7 Å². The van der Waals surface area contributed by atoms with Gasteiger partial charge in [0.2, 0.25) is 0 Å². The fourth-order valence-electron chi connectivity index (χ4n) is 4.51. The maximum absolute atomic E-state index is 13.4. The number of benzene rings is 4. The van der Waals surface area contributed by atoms with Crippen molar-refractivity contribution in [2.24, 2.45) is 0 Å². The number of hydrogen-bond donors (Lipinski definition) is 1. The molecule has 1 unspecified atom stereocenters. The number of fused-ring (bicyclic) bond motifs is 1. The molecule has 1 heterocycles. The normalized spacial score (nSPS) is 17.5. The molecule has 5 heteroatoms. The number of nitrogens with zero attached hydrogens (tertiary/aromatic N) is 1.